The van der Waals surface area contributed by atoms with Gasteiger partial charge < -0.3 is 10.6 Å². The van der Waals surface area contributed by atoms with Gasteiger partial charge in [0.2, 0.25) is 0 Å². The van der Waals surface area contributed by atoms with Gasteiger partial charge in [-0.15, -0.1) is 0 Å². The van der Waals surface area contributed by atoms with Gasteiger partial charge in [-0.3, -0.25) is 0 Å². The molecule has 1 aliphatic carbocycles. The molecular weight excluding hydrogens is 244 g/mol. The summed E-state index contributed by atoms with van der Waals surface area (Å²) in [6, 6.07) is 6.96. The molecule has 1 saturated carbocycles. The predicted molar refractivity (Wildman–Crippen MR) is 79.3 cm³/mol. The Morgan fingerprint density at radius 2 is 2.00 bits per heavy atom. The van der Waals surface area contributed by atoms with Crippen molar-refractivity contribution in [2.75, 3.05) is 11.4 Å². The van der Waals surface area contributed by atoms with E-state index in [4.69, 9.17) is 17.3 Å². The van der Waals surface area contributed by atoms with Crippen LogP contribution in [0.5, 0.6) is 0 Å². The first kappa shape index (κ1) is 13.7. The SMILES string of the molecule is CC(C)CN(c1ccc(C(C)N)cc1Cl)C1CC1. The van der Waals surface area contributed by atoms with E-state index in [1.54, 1.807) is 0 Å². The Morgan fingerprint density at radius 3 is 2.44 bits per heavy atom. The van der Waals surface area contributed by atoms with E-state index in [1.165, 1.54) is 12.8 Å². The highest BCUT2D eigenvalue weighted by molar-refractivity contribution is 6.33. The van der Waals surface area contributed by atoms with Crippen LogP contribution in [0.2, 0.25) is 5.02 Å². The molecule has 0 amide bonds. The molecule has 0 bridgehead atoms. The highest BCUT2D eigenvalue weighted by Gasteiger charge is 2.30. The van der Waals surface area contributed by atoms with E-state index in [1.807, 2.05) is 13.0 Å². The number of halogens is 1. The van der Waals surface area contributed by atoms with Crippen LogP contribution in [-0.2, 0) is 0 Å². The number of rotatable bonds is 5. The molecule has 2 N–H and O–H groups in total. The molecule has 3 heteroatoms. The fourth-order valence-corrected chi connectivity index (χ4v) is 2.56. The van der Waals surface area contributed by atoms with Gasteiger partial charge in [-0.1, -0.05) is 31.5 Å². The summed E-state index contributed by atoms with van der Waals surface area (Å²) in [4.78, 5) is 2.46. The molecule has 1 aliphatic rings. The molecule has 0 spiro atoms. The summed E-state index contributed by atoms with van der Waals surface area (Å²) in [5, 5.41) is 0.831. The van der Waals surface area contributed by atoms with Crippen LogP contribution in [0, 0.1) is 5.92 Å². The van der Waals surface area contributed by atoms with E-state index in [0.29, 0.717) is 12.0 Å². The molecule has 1 unspecified atom stereocenters. The summed E-state index contributed by atoms with van der Waals surface area (Å²) in [7, 11) is 0. The summed E-state index contributed by atoms with van der Waals surface area (Å²) >= 11 is 6.43. The van der Waals surface area contributed by atoms with Crippen LogP contribution in [0.1, 0.15) is 45.2 Å². The van der Waals surface area contributed by atoms with E-state index in [-0.39, 0.29) is 6.04 Å². The fourth-order valence-electron chi connectivity index (χ4n) is 2.26. The van der Waals surface area contributed by atoms with Crippen molar-refractivity contribution >= 4 is 17.3 Å². The van der Waals surface area contributed by atoms with Crippen molar-refractivity contribution in [2.45, 2.75) is 45.7 Å². The van der Waals surface area contributed by atoms with Crippen molar-refractivity contribution in [1.82, 2.24) is 0 Å². The van der Waals surface area contributed by atoms with E-state index in [0.717, 1.165) is 22.8 Å². The second-order valence-corrected chi connectivity index (χ2v) is 6.18. The molecule has 2 nitrogen and oxygen atoms in total. The molecule has 1 aromatic carbocycles. The summed E-state index contributed by atoms with van der Waals surface area (Å²) in [5.74, 6) is 0.648. The molecule has 1 fully saturated rings. The van der Waals surface area contributed by atoms with Gasteiger partial charge in [0.05, 0.1) is 10.7 Å². The van der Waals surface area contributed by atoms with Crippen molar-refractivity contribution in [3.05, 3.63) is 28.8 Å². The molecular formula is C15H23ClN2. The van der Waals surface area contributed by atoms with Gasteiger partial charge in [0, 0.05) is 18.6 Å². The average Bonchev–Trinajstić information content (AvgIpc) is 3.09. The molecule has 100 valence electrons. The van der Waals surface area contributed by atoms with Crippen LogP contribution in [-0.4, -0.2) is 12.6 Å². The summed E-state index contributed by atoms with van der Waals surface area (Å²) < 4.78 is 0. The smallest absolute Gasteiger partial charge is 0.0642 e. The van der Waals surface area contributed by atoms with Gasteiger partial charge in [0.1, 0.15) is 0 Å². The summed E-state index contributed by atoms with van der Waals surface area (Å²) in [6.45, 7) is 7.55. The van der Waals surface area contributed by atoms with Crippen LogP contribution in [0.15, 0.2) is 18.2 Å². The van der Waals surface area contributed by atoms with Gasteiger partial charge in [0.15, 0.2) is 0 Å². The van der Waals surface area contributed by atoms with E-state index >= 15 is 0 Å². The zero-order chi connectivity index (χ0) is 13.3. The molecule has 2 rings (SSSR count). The maximum atomic E-state index is 6.43. The van der Waals surface area contributed by atoms with Gasteiger partial charge in [-0.25, -0.2) is 0 Å². The Hall–Kier alpha value is -0.730. The van der Waals surface area contributed by atoms with Crippen molar-refractivity contribution in [1.29, 1.82) is 0 Å². The Bertz CT molecular complexity index is 411. The minimum Gasteiger partial charge on any atom is -0.367 e. The lowest BCUT2D eigenvalue weighted by Crippen LogP contribution is -2.30. The second kappa shape index (κ2) is 5.50. The van der Waals surface area contributed by atoms with Gasteiger partial charge in [0.25, 0.3) is 0 Å². The standard InChI is InChI=1S/C15H23ClN2/c1-10(2)9-18(13-5-6-13)15-7-4-12(11(3)17)8-14(15)16/h4,7-8,10-11,13H,5-6,9,17H2,1-3H3. The number of anilines is 1. The second-order valence-electron chi connectivity index (χ2n) is 5.78. The van der Waals surface area contributed by atoms with Gasteiger partial charge in [-0.05, 0) is 43.4 Å². The lowest BCUT2D eigenvalue weighted by molar-refractivity contribution is 0.607. The third-order valence-corrected chi connectivity index (χ3v) is 3.66. The minimum absolute atomic E-state index is 0.0380. The average molecular weight is 267 g/mol. The van der Waals surface area contributed by atoms with Crippen LogP contribution < -0.4 is 10.6 Å². The molecule has 1 atom stereocenters. The number of benzene rings is 1. The molecule has 0 heterocycles. The fraction of sp³-hybridized carbons (Fsp3) is 0.600. The highest BCUT2D eigenvalue weighted by Crippen LogP contribution is 2.37. The minimum atomic E-state index is 0.0380. The molecule has 1 aromatic rings. The van der Waals surface area contributed by atoms with Crippen molar-refractivity contribution < 1.29 is 0 Å². The highest BCUT2D eigenvalue weighted by atomic mass is 35.5. The summed E-state index contributed by atoms with van der Waals surface area (Å²) in [6.07, 6.45) is 2.58. The number of hydrogen-bond acceptors (Lipinski definition) is 2. The van der Waals surface area contributed by atoms with Crippen molar-refractivity contribution in [2.24, 2.45) is 11.7 Å². The van der Waals surface area contributed by atoms with Crippen molar-refractivity contribution in [3.63, 3.8) is 0 Å². The monoisotopic (exact) mass is 266 g/mol. The normalized spacial score (nSPS) is 17.0. The third-order valence-electron chi connectivity index (χ3n) is 3.36. The maximum absolute atomic E-state index is 6.43. The van der Waals surface area contributed by atoms with Gasteiger partial charge >= 0.3 is 0 Å². The lowest BCUT2D eigenvalue weighted by Gasteiger charge is -2.28. The first-order chi connectivity index (χ1) is 8.49. The Kier molecular flexibility index (Phi) is 4.18. The molecule has 18 heavy (non-hydrogen) atoms. The summed E-state index contributed by atoms with van der Waals surface area (Å²) in [5.41, 5.74) is 8.15. The zero-order valence-electron chi connectivity index (χ0n) is 11.5. The molecule has 0 aromatic heterocycles. The van der Waals surface area contributed by atoms with E-state index < -0.39 is 0 Å². The Labute approximate surface area is 115 Å². The van der Waals surface area contributed by atoms with Crippen LogP contribution in [0.25, 0.3) is 0 Å². The van der Waals surface area contributed by atoms with Crippen LogP contribution >= 0.6 is 11.6 Å². The number of hydrogen-bond donors (Lipinski definition) is 1. The predicted octanol–water partition coefficient (Wildman–Crippen LogP) is 3.98. The number of nitrogens with two attached hydrogens (primary N) is 1. The quantitative estimate of drug-likeness (QED) is 0.873. The van der Waals surface area contributed by atoms with Crippen molar-refractivity contribution in [3.8, 4) is 0 Å². The molecule has 0 aliphatic heterocycles. The first-order valence-electron chi connectivity index (χ1n) is 6.80. The van der Waals surface area contributed by atoms with E-state index in [2.05, 4.69) is 30.9 Å². The van der Waals surface area contributed by atoms with Crippen LogP contribution in [0.3, 0.4) is 0 Å². The lowest BCUT2D eigenvalue weighted by atomic mass is 10.1. The van der Waals surface area contributed by atoms with Gasteiger partial charge in [-0.2, -0.15) is 0 Å². The number of nitrogens with zero attached hydrogens (tertiary/aromatic N) is 1. The molecule has 0 radical (unpaired) electrons. The first-order valence-corrected chi connectivity index (χ1v) is 7.18. The Morgan fingerprint density at radius 1 is 1.33 bits per heavy atom. The topological polar surface area (TPSA) is 29.3 Å². The Balaban J connectivity index is 2.24. The van der Waals surface area contributed by atoms with E-state index in [9.17, 15) is 0 Å². The van der Waals surface area contributed by atoms with Crippen LogP contribution in [0.4, 0.5) is 5.69 Å². The largest absolute Gasteiger partial charge is 0.367 e. The third kappa shape index (κ3) is 3.18. The maximum Gasteiger partial charge on any atom is 0.0642 e. The zero-order valence-corrected chi connectivity index (χ0v) is 12.2. The molecule has 0 saturated heterocycles.